The van der Waals surface area contributed by atoms with Gasteiger partial charge in [0.1, 0.15) is 0 Å². The van der Waals surface area contributed by atoms with E-state index in [1.165, 1.54) is 18.4 Å². The van der Waals surface area contributed by atoms with Crippen molar-refractivity contribution in [1.82, 2.24) is 5.32 Å². The molecule has 86 valence electrons. The second kappa shape index (κ2) is 4.36. The monoisotopic (exact) mass is 237 g/mol. The summed E-state index contributed by atoms with van der Waals surface area (Å²) in [5.41, 5.74) is 1.38. The van der Waals surface area contributed by atoms with Gasteiger partial charge < -0.3 is 10.1 Å². The summed E-state index contributed by atoms with van der Waals surface area (Å²) in [4.78, 5) is 0. The van der Waals surface area contributed by atoms with Crippen LogP contribution in [0.5, 0.6) is 0 Å². The summed E-state index contributed by atoms with van der Waals surface area (Å²) in [6, 6.07) is 9.53. The molecule has 1 heterocycles. The van der Waals surface area contributed by atoms with Gasteiger partial charge in [-0.3, -0.25) is 0 Å². The molecule has 0 unspecified atom stereocenters. The number of nitrogens with one attached hydrogen (secondary N) is 1. The fourth-order valence-electron chi connectivity index (χ4n) is 2.45. The van der Waals surface area contributed by atoms with Crippen molar-refractivity contribution in [2.75, 3.05) is 13.2 Å². The fraction of sp³-hybridized carbons (Fsp3) is 0.538. The molecule has 2 nitrogen and oxygen atoms in total. The average Bonchev–Trinajstić information content (AvgIpc) is 2.12. The Morgan fingerprint density at radius 3 is 2.62 bits per heavy atom. The lowest BCUT2D eigenvalue weighted by Crippen LogP contribution is -2.53. The van der Waals surface area contributed by atoms with Gasteiger partial charge in [0.25, 0.3) is 0 Å². The summed E-state index contributed by atoms with van der Waals surface area (Å²) in [7, 11) is 0. The number of hydrogen-bond donors (Lipinski definition) is 1. The molecule has 1 aromatic rings. The molecule has 2 fully saturated rings. The van der Waals surface area contributed by atoms with Crippen LogP contribution >= 0.6 is 11.6 Å². The lowest BCUT2D eigenvalue weighted by Gasteiger charge is -2.41. The number of rotatable bonds is 3. The van der Waals surface area contributed by atoms with E-state index in [2.05, 4.69) is 17.4 Å². The van der Waals surface area contributed by atoms with E-state index in [-0.39, 0.29) is 0 Å². The summed E-state index contributed by atoms with van der Waals surface area (Å²) in [5, 5.41) is 4.46. The van der Waals surface area contributed by atoms with Crippen LogP contribution in [0.1, 0.15) is 24.3 Å². The van der Waals surface area contributed by atoms with Crippen molar-refractivity contribution in [3.05, 3.63) is 34.9 Å². The Balaban J connectivity index is 1.52. The van der Waals surface area contributed by atoms with Crippen LogP contribution in [0.15, 0.2) is 24.3 Å². The minimum absolute atomic E-state index is 0.602. The van der Waals surface area contributed by atoms with Gasteiger partial charge in [0.2, 0.25) is 0 Å². The van der Waals surface area contributed by atoms with Crippen LogP contribution in [0, 0.1) is 0 Å². The highest BCUT2D eigenvalue weighted by atomic mass is 35.5. The first-order valence-electron chi connectivity index (χ1n) is 5.90. The van der Waals surface area contributed by atoms with Gasteiger partial charge in [-0.15, -0.1) is 0 Å². The van der Waals surface area contributed by atoms with Gasteiger partial charge in [-0.2, -0.15) is 0 Å². The van der Waals surface area contributed by atoms with Crippen molar-refractivity contribution in [2.45, 2.75) is 30.8 Å². The predicted molar refractivity (Wildman–Crippen MR) is 65.0 cm³/mol. The Labute approximate surface area is 101 Å². The third kappa shape index (κ3) is 2.10. The van der Waals surface area contributed by atoms with Gasteiger partial charge in [-0.05, 0) is 36.5 Å². The van der Waals surface area contributed by atoms with E-state index in [0.29, 0.717) is 18.0 Å². The SMILES string of the molecule is Clc1cccc(C2CC(NC3COC3)C2)c1. The van der Waals surface area contributed by atoms with Crippen molar-refractivity contribution in [2.24, 2.45) is 0 Å². The topological polar surface area (TPSA) is 21.3 Å². The molecule has 1 aliphatic carbocycles. The zero-order chi connectivity index (χ0) is 11.0. The molecule has 16 heavy (non-hydrogen) atoms. The first-order valence-corrected chi connectivity index (χ1v) is 6.28. The number of benzene rings is 1. The first kappa shape index (κ1) is 10.6. The molecular weight excluding hydrogens is 222 g/mol. The summed E-state index contributed by atoms with van der Waals surface area (Å²) < 4.78 is 5.15. The van der Waals surface area contributed by atoms with Crippen molar-refractivity contribution >= 4 is 11.6 Å². The van der Waals surface area contributed by atoms with E-state index in [4.69, 9.17) is 16.3 Å². The maximum Gasteiger partial charge on any atom is 0.0643 e. The fourth-order valence-corrected chi connectivity index (χ4v) is 2.65. The molecule has 0 amide bonds. The molecule has 1 saturated carbocycles. The highest BCUT2D eigenvalue weighted by molar-refractivity contribution is 6.30. The first-order chi connectivity index (χ1) is 7.81. The molecule has 0 spiro atoms. The summed E-state index contributed by atoms with van der Waals surface area (Å²) in [5.74, 6) is 0.692. The smallest absolute Gasteiger partial charge is 0.0643 e. The van der Waals surface area contributed by atoms with Crippen LogP contribution in [-0.4, -0.2) is 25.3 Å². The lowest BCUT2D eigenvalue weighted by molar-refractivity contribution is -0.0157. The quantitative estimate of drug-likeness (QED) is 0.873. The zero-order valence-electron chi connectivity index (χ0n) is 9.16. The molecule has 0 atom stereocenters. The van der Waals surface area contributed by atoms with Gasteiger partial charge in [-0.25, -0.2) is 0 Å². The van der Waals surface area contributed by atoms with Gasteiger partial charge in [-0.1, -0.05) is 23.7 Å². The third-order valence-corrected chi connectivity index (χ3v) is 3.80. The molecule has 1 saturated heterocycles. The van der Waals surface area contributed by atoms with Crippen LogP contribution in [0.3, 0.4) is 0 Å². The number of halogens is 1. The van der Waals surface area contributed by atoms with E-state index in [0.717, 1.165) is 18.2 Å². The van der Waals surface area contributed by atoms with Crippen molar-refractivity contribution in [3.8, 4) is 0 Å². The molecule has 0 radical (unpaired) electrons. The Morgan fingerprint density at radius 1 is 1.19 bits per heavy atom. The van der Waals surface area contributed by atoms with E-state index >= 15 is 0 Å². The molecular formula is C13H16ClNO. The third-order valence-electron chi connectivity index (χ3n) is 3.57. The summed E-state index contributed by atoms with van der Waals surface area (Å²) in [6.07, 6.45) is 2.47. The second-order valence-corrected chi connectivity index (χ2v) is 5.26. The van der Waals surface area contributed by atoms with Crippen LogP contribution in [-0.2, 0) is 4.74 Å². The van der Waals surface area contributed by atoms with Gasteiger partial charge in [0.05, 0.1) is 19.3 Å². The molecule has 0 bridgehead atoms. The summed E-state index contributed by atoms with van der Waals surface area (Å²) >= 11 is 5.99. The molecule has 0 aromatic heterocycles. The van der Waals surface area contributed by atoms with Crippen molar-refractivity contribution in [3.63, 3.8) is 0 Å². The normalized spacial score (nSPS) is 29.6. The van der Waals surface area contributed by atoms with Crippen molar-refractivity contribution in [1.29, 1.82) is 0 Å². The maximum atomic E-state index is 5.99. The zero-order valence-corrected chi connectivity index (χ0v) is 9.91. The lowest BCUT2D eigenvalue weighted by atomic mass is 9.75. The maximum absolute atomic E-state index is 5.99. The van der Waals surface area contributed by atoms with Crippen molar-refractivity contribution < 1.29 is 4.74 Å². The Kier molecular flexibility index (Phi) is 2.88. The predicted octanol–water partition coefficient (Wildman–Crippen LogP) is 2.57. The van der Waals surface area contributed by atoms with Crippen LogP contribution in [0.2, 0.25) is 5.02 Å². The largest absolute Gasteiger partial charge is 0.378 e. The van der Waals surface area contributed by atoms with Crippen LogP contribution < -0.4 is 5.32 Å². The molecule has 1 N–H and O–H groups in total. The molecule has 1 aromatic carbocycles. The Hall–Kier alpha value is -0.570. The molecule has 2 aliphatic rings. The van der Waals surface area contributed by atoms with E-state index in [9.17, 15) is 0 Å². The number of hydrogen-bond acceptors (Lipinski definition) is 2. The van der Waals surface area contributed by atoms with Gasteiger partial charge in [0.15, 0.2) is 0 Å². The number of ether oxygens (including phenoxy) is 1. The molecule has 1 aliphatic heterocycles. The molecule has 3 heteroatoms. The van der Waals surface area contributed by atoms with Crippen LogP contribution in [0.25, 0.3) is 0 Å². The van der Waals surface area contributed by atoms with E-state index < -0.39 is 0 Å². The Morgan fingerprint density at radius 2 is 2.00 bits per heavy atom. The van der Waals surface area contributed by atoms with Gasteiger partial charge in [0, 0.05) is 11.1 Å². The highest BCUT2D eigenvalue weighted by Gasteiger charge is 2.33. The average molecular weight is 238 g/mol. The standard InChI is InChI=1S/C13H16ClNO/c14-11-3-1-2-9(4-11)10-5-12(6-10)15-13-7-16-8-13/h1-4,10,12-13,15H,5-8H2. The molecule has 3 rings (SSSR count). The second-order valence-electron chi connectivity index (χ2n) is 4.82. The van der Waals surface area contributed by atoms with Crippen LogP contribution in [0.4, 0.5) is 0 Å². The highest BCUT2D eigenvalue weighted by Crippen LogP contribution is 2.37. The Bertz CT molecular complexity index is 372. The van der Waals surface area contributed by atoms with E-state index in [1.54, 1.807) is 0 Å². The minimum atomic E-state index is 0.602. The minimum Gasteiger partial charge on any atom is -0.378 e. The van der Waals surface area contributed by atoms with Gasteiger partial charge >= 0.3 is 0 Å². The van der Waals surface area contributed by atoms with E-state index in [1.807, 2.05) is 12.1 Å². The summed E-state index contributed by atoms with van der Waals surface area (Å²) in [6.45, 7) is 1.77.